The highest BCUT2D eigenvalue weighted by Gasteiger charge is 2.14. The number of rotatable bonds is 2. The summed E-state index contributed by atoms with van der Waals surface area (Å²) in [4.78, 5) is 0. The zero-order valence-corrected chi connectivity index (χ0v) is 11.7. The Morgan fingerprint density at radius 3 is 2.65 bits per heavy atom. The van der Waals surface area contributed by atoms with Gasteiger partial charge in [0.1, 0.15) is 11.6 Å². The molecule has 0 fully saturated rings. The highest BCUT2D eigenvalue weighted by molar-refractivity contribution is 9.10. The first-order valence-electron chi connectivity index (χ1n) is 4.85. The van der Waals surface area contributed by atoms with Crippen LogP contribution >= 0.6 is 27.5 Å². The zero-order chi connectivity index (χ0) is 12.6. The number of nitrogens with zero attached hydrogens (tertiary/aromatic N) is 2. The van der Waals surface area contributed by atoms with Crippen molar-refractivity contribution in [2.75, 3.05) is 12.8 Å². The molecule has 0 aliphatic rings. The summed E-state index contributed by atoms with van der Waals surface area (Å²) in [5.74, 6) is 1.25. The number of aryl methyl sites for hydroxylation is 1. The molecule has 2 N–H and O–H groups in total. The minimum absolute atomic E-state index is 0.573. The van der Waals surface area contributed by atoms with Gasteiger partial charge in [-0.05, 0) is 22.0 Å². The molecule has 0 atom stereocenters. The van der Waals surface area contributed by atoms with Crippen LogP contribution in [0.4, 0.5) is 5.82 Å². The number of halogens is 2. The van der Waals surface area contributed by atoms with Crippen LogP contribution in [-0.2, 0) is 7.05 Å². The van der Waals surface area contributed by atoms with Crippen molar-refractivity contribution in [2.24, 2.45) is 7.05 Å². The fourth-order valence-corrected chi connectivity index (χ4v) is 2.31. The Kier molecular flexibility index (Phi) is 3.31. The summed E-state index contributed by atoms with van der Waals surface area (Å²) in [6.45, 7) is 0. The minimum Gasteiger partial charge on any atom is -0.496 e. The molecule has 4 nitrogen and oxygen atoms in total. The maximum Gasteiger partial charge on any atom is 0.134 e. The summed E-state index contributed by atoms with van der Waals surface area (Å²) in [7, 11) is 3.37. The van der Waals surface area contributed by atoms with Gasteiger partial charge in [0, 0.05) is 24.2 Å². The van der Waals surface area contributed by atoms with E-state index in [9.17, 15) is 0 Å². The molecule has 1 heterocycles. The molecular weight excluding hydrogens is 305 g/mol. The van der Waals surface area contributed by atoms with Gasteiger partial charge < -0.3 is 10.5 Å². The lowest BCUT2D eigenvalue weighted by atomic mass is 10.1. The SMILES string of the molecule is COc1cc(Cl)c(-c2cnn(C)c2N)cc1Br. The Morgan fingerprint density at radius 1 is 1.41 bits per heavy atom. The number of aromatic nitrogens is 2. The Morgan fingerprint density at radius 2 is 2.12 bits per heavy atom. The van der Waals surface area contributed by atoms with Gasteiger partial charge in [-0.1, -0.05) is 11.6 Å². The molecule has 0 saturated heterocycles. The zero-order valence-electron chi connectivity index (χ0n) is 9.37. The van der Waals surface area contributed by atoms with Crippen LogP contribution in [0.15, 0.2) is 22.8 Å². The van der Waals surface area contributed by atoms with Gasteiger partial charge in [-0.15, -0.1) is 0 Å². The summed E-state index contributed by atoms with van der Waals surface area (Å²) < 4.78 is 7.59. The first kappa shape index (κ1) is 12.3. The molecule has 17 heavy (non-hydrogen) atoms. The van der Waals surface area contributed by atoms with Crippen molar-refractivity contribution in [3.05, 3.63) is 27.8 Å². The van der Waals surface area contributed by atoms with E-state index in [1.54, 1.807) is 31.1 Å². The summed E-state index contributed by atoms with van der Waals surface area (Å²) in [6.07, 6.45) is 1.69. The lowest BCUT2D eigenvalue weighted by Gasteiger charge is -2.08. The molecule has 0 bridgehead atoms. The molecule has 0 aliphatic carbocycles. The summed E-state index contributed by atoms with van der Waals surface area (Å²) >= 11 is 9.62. The van der Waals surface area contributed by atoms with E-state index in [0.717, 1.165) is 15.6 Å². The molecule has 1 aromatic heterocycles. The molecule has 0 aliphatic heterocycles. The van der Waals surface area contributed by atoms with Gasteiger partial charge in [0.25, 0.3) is 0 Å². The highest BCUT2D eigenvalue weighted by atomic mass is 79.9. The van der Waals surface area contributed by atoms with E-state index >= 15 is 0 Å². The third-order valence-corrected chi connectivity index (χ3v) is 3.45. The number of nitrogen functional groups attached to an aromatic ring is 1. The first-order valence-corrected chi connectivity index (χ1v) is 6.02. The van der Waals surface area contributed by atoms with E-state index in [0.29, 0.717) is 16.6 Å². The average molecular weight is 317 g/mol. The molecule has 90 valence electrons. The molecule has 2 aromatic rings. The molecule has 6 heteroatoms. The fourth-order valence-electron chi connectivity index (χ4n) is 1.55. The van der Waals surface area contributed by atoms with Crippen LogP contribution in [0.5, 0.6) is 5.75 Å². The number of anilines is 1. The average Bonchev–Trinajstić information content (AvgIpc) is 2.63. The largest absolute Gasteiger partial charge is 0.496 e. The number of methoxy groups -OCH3 is 1. The van der Waals surface area contributed by atoms with Crippen molar-refractivity contribution in [3.63, 3.8) is 0 Å². The van der Waals surface area contributed by atoms with Crippen LogP contribution in [0.25, 0.3) is 11.1 Å². The predicted octanol–water partition coefficient (Wildman–Crippen LogP) is 3.09. The first-order chi connectivity index (χ1) is 8.04. The molecule has 2 rings (SSSR count). The maximum atomic E-state index is 6.20. The van der Waals surface area contributed by atoms with Gasteiger partial charge >= 0.3 is 0 Å². The second kappa shape index (κ2) is 4.58. The van der Waals surface area contributed by atoms with Crippen LogP contribution < -0.4 is 10.5 Å². The Hall–Kier alpha value is -1.20. The lowest BCUT2D eigenvalue weighted by Crippen LogP contribution is -1.98. The van der Waals surface area contributed by atoms with E-state index in [2.05, 4.69) is 21.0 Å². The van der Waals surface area contributed by atoms with E-state index in [4.69, 9.17) is 22.1 Å². The van der Waals surface area contributed by atoms with E-state index in [1.807, 2.05) is 6.07 Å². The van der Waals surface area contributed by atoms with Crippen LogP contribution in [0.2, 0.25) is 5.02 Å². The summed E-state index contributed by atoms with van der Waals surface area (Å²) in [5.41, 5.74) is 7.55. The number of benzene rings is 1. The smallest absolute Gasteiger partial charge is 0.134 e. The molecule has 1 aromatic carbocycles. The van der Waals surface area contributed by atoms with Gasteiger partial charge in [0.2, 0.25) is 0 Å². The Bertz CT molecular complexity index is 568. The van der Waals surface area contributed by atoms with E-state index < -0.39 is 0 Å². The molecule has 0 radical (unpaired) electrons. The van der Waals surface area contributed by atoms with Gasteiger partial charge in [-0.3, -0.25) is 4.68 Å². The summed E-state index contributed by atoms with van der Waals surface area (Å²) in [6, 6.07) is 3.61. The van der Waals surface area contributed by atoms with Crippen molar-refractivity contribution in [1.29, 1.82) is 0 Å². The van der Waals surface area contributed by atoms with Gasteiger partial charge in [-0.25, -0.2) is 0 Å². The third-order valence-electron chi connectivity index (χ3n) is 2.52. The number of hydrogen-bond acceptors (Lipinski definition) is 3. The van der Waals surface area contributed by atoms with Crippen molar-refractivity contribution < 1.29 is 4.74 Å². The predicted molar refractivity (Wildman–Crippen MR) is 72.3 cm³/mol. The van der Waals surface area contributed by atoms with Crippen molar-refractivity contribution in [2.45, 2.75) is 0 Å². The van der Waals surface area contributed by atoms with Crippen molar-refractivity contribution >= 4 is 33.3 Å². The lowest BCUT2D eigenvalue weighted by molar-refractivity contribution is 0.412. The molecule has 0 amide bonds. The van der Waals surface area contributed by atoms with Crippen molar-refractivity contribution in [3.8, 4) is 16.9 Å². The van der Waals surface area contributed by atoms with Crippen LogP contribution in [-0.4, -0.2) is 16.9 Å². The van der Waals surface area contributed by atoms with Gasteiger partial charge in [0.15, 0.2) is 0 Å². The number of ether oxygens (including phenoxy) is 1. The monoisotopic (exact) mass is 315 g/mol. The third kappa shape index (κ3) is 2.12. The maximum absolute atomic E-state index is 6.20. The Labute approximate surface area is 112 Å². The Balaban J connectivity index is 2.60. The number of hydrogen-bond donors (Lipinski definition) is 1. The highest BCUT2D eigenvalue weighted by Crippen LogP contribution is 2.38. The van der Waals surface area contributed by atoms with E-state index in [1.165, 1.54) is 0 Å². The summed E-state index contributed by atoms with van der Waals surface area (Å²) in [5, 5.41) is 4.67. The standard InChI is InChI=1S/C11H11BrClN3O/c1-16-11(14)7(5-15-16)6-3-8(12)10(17-2)4-9(6)13/h3-5H,14H2,1-2H3. The molecule has 0 spiro atoms. The second-order valence-corrected chi connectivity index (χ2v) is 4.80. The van der Waals surface area contributed by atoms with Gasteiger partial charge in [-0.2, -0.15) is 5.10 Å². The van der Waals surface area contributed by atoms with Gasteiger partial charge in [0.05, 0.1) is 22.8 Å². The minimum atomic E-state index is 0.573. The topological polar surface area (TPSA) is 53.1 Å². The fraction of sp³-hybridized carbons (Fsp3) is 0.182. The van der Waals surface area contributed by atoms with Crippen LogP contribution in [0, 0.1) is 0 Å². The molecular formula is C11H11BrClN3O. The van der Waals surface area contributed by atoms with E-state index in [-0.39, 0.29) is 0 Å². The number of nitrogens with two attached hydrogens (primary N) is 1. The normalized spacial score (nSPS) is 10.6. The second-order valence-electron chi connectivity index (χ2n) is 3.53. The van der Waals surface area contributed by atoms with Crippen LogP contribution in [0.1, 0.15) is 0 Å². The van der Waals surface area contributed by atoms with Crippen molar-refractivity contribution in [1.82, 2.24) is 9.78 Å². The molecule has 0 saturated carbocycles. The molecule has 0 unspecified atom stereocenters. The van der Waals surface area contributed by atoms with Crippen LogP contribution in [0.3, 0.4) is 0 Å². The quantitative estimate of drug-likeness (QED) is 0.926.